The van der Waals surface area contributed by atoms with E-state index >= 15 is 0 Å². The average molecular weight is 320 g/mol. The molecule has 0 spiro atoms. The maximum Gasteiger partial charge on any atom is 0.491 e. The molecule has 2 aromatic rings. The third kappa shape index (κ3) is 3.30. The zero-order chi connectivity index (χ0) is 14.8. The van der Waals surface area contributed by atoms with Gasteiger partial charge < -0.3 is 14.4 Å². The fourth-order valence-corrected chi connectivity index (χ4v) is 3.28. The lowest BCUT2D eigenvalue weighted by Gasteiger charge is -2.08. The summed E-state index contributed by atoms with van der Waals surface area (Å²) in [6, 6.07) is 12.9. The van der Waals surface area contributed by atoms with Gasteiger partial charge in [0.15, 0.2) is 0 Å². The second-order valence-corrected chi connectivity index (χ2v) is 6.50. The van der Waals surface area contributed by atoms with Gasteiger partial charge in [0.1, 0.15) is 11.0 Å². The van der Waals surface area contributed by atoms with Crippen molar-refractivity contribution in [1.82, 2.24) is 0 Å². The zero-order valence-corrected chi connectivity index (χ0v) is 12.6. The first kappa shape index (κ1) is 14.6. The maximum atomic E-state index is 11.3. The third-order valence-corrected chi connectivity index (χ3v) is 4.68. The van der Waals surface area contributed by atoms with E-state index in [1.165, 1.54) is 11.9 Å². The highest BCUT2D eigenvalue weighted by Gasteiger charge is 2.27. The molecule has 1 unspecified atom stereocenters. The Morgan fingerprint density at radius 1 is 1.33 bits per heavy atom. The number of hydrogen-bond acceptors (Lipinski definition) is 5. The number of nitrogens with two attached hydrogens (primary N) is 1. The number of benzene rings is 2. The van der Waals surface area contributed by atoms with E-state index in [1.807, 2.05) is 30.3 Å². The summed E-state index contributed by atoms with van der Waals surface area (Å²) < 4.78 is 19.6. The molecule has 0 saturated carbocycles. The van der Waals surface area contributed by atoms with Gasteiger partial charge in [-0.3, -0.25) is 0 Å². The molecule has 0 fully saturated rings. The lowest BCUT2D eigenvalue weighted by molar-refractivity contribution is 0.275. The van der Waals surface area contributed by atoms with E-state index < -0.39 is 18.1 Å². The smallest absolute Gasteiger partial charge is 0.423 e. The summed E-state index contributed by atoms with van der Waals surface area (Å²) in [6.45, 7) is 0.439. The van der Waals surface area contributed by atoms with Crippen molar-refractivity contribution in [2.45, 2.75) is 16.4 Å². The van der Waals surface area contributed by atoms with Gasteiger partial charge in [-0.05, 0) is 53.3 Å². The van der Waals surface area contributed by atoms with Crippen LogP contribution in [0.3, 0.4) is 0 Å². The van der Waals surface area contributed by atoms with Crippen LogP contribution in [-0.4, -0.2) is 16.4 Å². The van der Waals surface area contributed by atoms with Crippen LogP contribution in [0.15, 0.2) is 52.3 Å². The van der Waals surface area contributed by atoms with Crippen LogP contribution in [-0.2, 0) is 22.2 Å². The van der Waals surface area contributed by atoms with E-state index in [0.717, 1.165) is 21.6 Å². The van der Waals surface area contributed by atoms with Crippen LogP contribution in [0.2, 0.25) is 0 Å². The minimum Gasteiger partial charge on any atom is -0.423 e. The molecule has 0 radical (unpaired) electrons. The Labute approximate surface area is 129 Å². The molecule has 0 bridgehead atoms. The van der Waals surface area contributed by atoms with Gasteiger partial charge in [0, 0.05) is 10.6 Å². The van der Waals surface area contributed by atoms with Gasteiger partial charge in [0.05, 0.1) is 11.5 Å². The molecule has 21 heavy (non-hydrogen) atoms. The van der Waals surface area contributed by atoms with Crippen molar-refractivity contribution in [3.8, 4) is 0 Å². The predicted octanol–water partition coefficient (Wildman–Crippen LogP) is 1.00. The van der Waals surface area contributed by atoms with E-state index in [9.17, 15) is 9.23 Å². The molecule has 1 aliphatic rings. The number of nitrogens with one attached hydrogen (secondary N) is 1. The van der Waals surface area contributed by atoms with E-state index in [0.29, 0.717) is 11.5 Å². The van der Waals surface area contributed by atoms with Crippen LogP contribution < -0.4 is 15.3 Å². The van der Waals surface area contributed by atoms with Gasteiger partial charge in [-0.15, -0.1) is 0 Å². The minimum absolute atomic E-state index is 0.439. The standard InChI is InChI=1S/C13H13BN2O3S2/c15-21(18)12-3-1-2-11(7-12)20-16-10-5-4-9-8-19-14(17)13(9)6-10/h1-7,16-17H,8,15H2. The first-order valence-corrected chi connectivity index (χ1v) is 8.28. The fourth-order valence-electron chi connectivity index (χ4n) is 2.06. The molecular formula is C13H13BN2O3S2. The third-order valence-electron chi connectivity index (χ3n) is 3.13. The monoisotopic (exact) mass is 320 g/mol. The van der Waals surface area contributed by atoms with E-state index in [-0.39, 0.29) is 0 Å². The molecule has 1 aliphatic heterocycles. The molecule has 5 nitrogen and oxygen atoms in total. The molecule has 2 aromatic carbocycles. The van der Waals surface area contributed by atoms with Crippen molar-refractivity contribution >= 4 is 41.2 Å². The molecule has 108 valence electrons. The molecule has 1 heterocycles. The molecule has 0 saturated heterocycles. The second kappa shape index (κ2) is 6.21. The fraction of sp³-hybridized carbons (Fsp3) is 0.0769. The Bertz CT molecular complexity index is 699. The summed E-state index contributed by atoms with van der Waals surface area (Å²) in [5.41, 5.74) is 2.65. The van der Waals surface area contributed by atoms with Crippen molar-refractivity contribution in [3.63, 3.8) is 0 Å². The van der Waals surface area contributed by atoms with E-state index in [2.05, 4.69) is 4.72 Å². The quantitative estimate of drug-likeness (QED) is 0.578. The number of fused-ring (bicyclic) bond motifs is 1. The number of hydrogen-bond donors (Lipinski definition) is 3. The van der Waals surface area contributed by atoms with Crippen LogP contribution in [0.1, 0.15) is 5.56 Å². The summed E-state index contributed by atoms with van der Waals surface area (Å²) in [4.78, 5) is 1.49. The van der Waals surface area contributed by atoms with Gasteiger partial charge in [-0.1, -0.05) is 12.1 Å². The summed E-state index contributed by atoms with van der Waals surface area (Å²) in [5.74, 6) is 0. The Morgan fingerprint density at radius 3 is 3.00 bits per heavy atom. The van der Waals surface area contributed by atoms with Gasteiger partial charge >= 0.3 is 7.12 Å². The SMILES string of the molecule is NS(=O)c1cccc(SNc2ccc3c(c2)B(O)OC3)c1. The first-order chi connectivity index (χ1) is 10.1. The molecule has 8 heteroatoms. The van der Waals surface area contributed by atoms with E-state index in [4.69, 9.17) is 9.79 Å². The molecule has 1 atom stereocenters. The number of anilines is 1. The van der Waals surface area contributed by atoms with Gasteiger partial charge in [0.2, 0.25) is 0 Å². The molecule has 3 rings (SSSR count). The van der Waals surface area contributed by atoms with Crippen molar-refractivity contribution < 1.29 is 13.9 Å². The molecular weight excluding hydrogens is 307 g/mol. The van der Waals surface area contributed by atoms with Crippen molar-refractivity contribution in [3.05, 3.63) is 48.0 Å². The average Bonchev–Trinajstić information content (AvgIpc) is 2.86. The minimum atomic E-state index is -1.48. The highest BCUT2D eigenvalue weighted by Crippen LogP contribution is 2.23. The van der Waals surface area contributed by atoms with E-state index in [1.54, 1.807) is 12.1 Å². The van der Waals surface area contributed by atoms with Crippen molar-refractivity contribution in [1.29, 1.82) is 0 Å². The Hall–Kier alpha value is -1.32. The van der Waals surface area contributed by atoms with Crippen LogP contribution in [0.4, 0.5) is 5.69 Å². The summed E-state index contributed by atoms with van der Waals surface area (Å²) in [5, 5.41) is 15.1. The lowest BCUT2D eigenvalue weighted by Crippen LogP contribution is -2.28. The highest BCUT2D eigenvalue weighted by atomic mass is 32.2. The Balaban J connectivity index is 1.72. The Kier molecular flexibility index (Phi) is 4.32. The normalized spacial score (nSPS) is 14.9. The largest absolute Gasteiger partial charge is 0.491 e. The van der Waals surface area contributed by atoms with Gasteiger partial charge in [-0.25, -0.2) is 9.35 Å². The molecule has 0 aromatic heterocycles. The Morgan fingerprint density at radius 2 is 2.19 bits per heavy atom. The molecule has 0 amide bonds. The van der Waals surface area contributed by atoms with Crippen LogP contribution in [0, 0.1) is 0 Å². The van der Waals surface area contributed by atoms with Crippen LogP contribution >= 0.6 is 11.9 Å². The predicted molar refractivity (Wildman–Crippen MR) is 85.4 cm³/mol. The van der Waals surface area contributed by atoms with Crippen LogP contribution in [0.5, 0.6) is 0 Å². The highest BCUT2D eigenvalue weighted by molar-refractivity contribution is 8.00. The van der Waals surface area contributed by atoms with Crippen molar-refractivity contribution in [2.75, 3.05) is 4.72 Å². The number of rotatable bonds is 4. The molecule has 0 aliphatic carbocycles. The molecule has 4 N–H and O–H groups in total. The maximum absolute atomic E-state index is 11.3. The first-order valence-electron chi connectivity index (χ1n) is 6.25. The topological polar surface area (TPSA) is 84.6 Å². The zero-order valence-electron chi connectivity index (χ0n) is 11.0. The van der Waals surface area contributed by atoms with Gasteiger partial charge in [0.25, 0.3) is 0 Å². The van der Waals surface area contributed by atoms with Gasteiger partial charge in [-0.2, -0.15) is 0 Å². The lowest BCUT2D eigenvalue weighted by atomic mass is 9.79. The summed E-state index contributed by atoms with van der Waals surface area (Å²) in [6.07, 6.45) is 0. The van der Waals surface area contributed by atoms with Crippen molar-refractivity contribution in [2.24, 2.45) is 5.14 Å². The second-order valence-electron chi connectivity index (χ2n) is 4.55. The summed E-state index contributed by atoms with van der Waals surface area (Å²) >= 11 is 1.39. The summed E-state index contributed by atoms with van der Waals surface area (Å²) in [7, 11) is -2.33. The van der Waals surface area contributed by atoms with Crippen LogP contribution in [0.25, 0.3) is 0 Å².